The maximum absolute atomic E-state index is 6.35. The summed E-state index contributed by atoms with van der Waals surface area (Å²) in [5.74, 6) is 0. The highest BCUT2D eigenvalue weighted by molar-refractivity contribution is 5.27. The van der Waals surface area contributed by atoms with E-state index in [1.807, 2.05) is 0 Å². The summed E-state index contributed by atoms with van der Waals surface area (Å²) in [6, 6.07) is 9.38. The highest BCUT2D eigenvalue weighted by atomic mass is 16.5. The molecule has 0 radical (unpaired) electrons. The second kappa shape index (κ2) is 7.95. The number of hydrogen-bond acceptors (Lipinski definition) is 2. The summed E-state index contributed by atoms with van der Waals surface area (Å²) in [6.07, 6.45) is 8.70. The zero-order valence-corrected chi connectivity index (χ0v) is 14.0. The summed E-state index contributed by atoms with van der Waals surface area (Å²) in [7, 11) is 2.07. The van der Waals surface area contributed by atoms with Gasteiger partial charge in [0.1, 0.15) is 0 Å². The van der Waals surface area contributed by atoms with Crippen molar-refractivity contribution in [1.29, 1.82) is 0 Å². The van der Waals surface area contributed by atoms with Crippen LogP contribution in [0.2, 0.25) is 0 Å². The molecule has 1 unspecified atom stereocenters. The van der Waals surface area contributed by atoms with Crippen LogP contribution in [0.15, 0.2) is 24.3 Å². The first-order valence-electron chi connectivity index (χ1n) is 8.66. The lowest BCUT2D eigenvalue weighted by Crippen LogP contribution is -2.45. The van der Waals surface area contributed by atoms with Crippen molar-refractivity contribution in [1.82, 2.24) is 5.32 Å². The molecular weight excluding hydrogens is 258 g/mol. The summed E-state index contributed by atoms with van der Waals surface area (Å²) in [6.45, 7) is 5.13. The normalized spacial score (nSPS) is 20.0. The minimum absolute atomic E-state index is 0.0340. The van der Waals surface area contributed by atoms with Crippen molar-refractivity contribution >= 4 is 0 Å². The van der Waals surface area contributed by atoms with Crippen LogP contribution in [0.4, 0.5) is 0 Å². The van der Waals surface area contributed by atoms with Crippen LogP contribution < -0.4 is 5.32 Å². The van der Waals surface area contributed by atoms with E-state index in [0.717, 1.165) is 13.0 Å². The Balaban J connectivity index is 2.28. The van der Waals surface area contributed by atoms with E-state index < -0.39 is 0 Å². The summed E-state index contributed by atoms with van der Waals surface area (Å²) in [4.78, 5) is 0. The minimum Gasteiger partial charge on any atom is -0.373 e. The molecule has 0 aliphatic heterocycles. The van der Waals surface area contributed by atoms with E-state index in [-0.39, 0.29) is 5.60 Å². The van der Waals surface area contributed by atoms with Crippen molar-refractivity contribution in [3.8, 4) is 0 Å². The Bertz CT molecular complexity index is 404. The van der Waals surface area contributed by atoms with Crippen LogP contribution >= 0.6 is 0 Å². The van der Waals surface area contributed by atoms with Crippen LogP contribution in [0.1, 0.15) is 69.5 Å². The Morgan fingerprint density at radius 3 is 2.14 bits per heavy atom. The molecule has 2 heteroatoms. The Hall–Kier alpha value is -0.860. The first-order chi connectivity index (χ1) is 10.3. The van der Waals surface area contributed by atoms with Gasteiger partial charge in [0.2, 0.25) is 0 Å². The lowest BCUT2D eigenvalue weighted by atomic mass is 9.82. The fraction of sp³-hybridized carbons (Fsp3) is 0.684. The summed E-state index contributed by atoms with van der Waals surface area (Å²) in [5, 5.41) is 3.55. The van der Waals surface area contributed by atoms with E-state index in [1.54, 1.807) is 0 Å². The van der Waals surface area contributed by atoms with Gasteiger partial charge >= 0.3 is 0 Å². The van der Waals surface area contributed by atoms with E-state index in [4.69, 9.17) is 4.74 Å². The maximum Gasteiger partial charge on any atom is 0.0876 e. The second-order valence-electron chi connectivity index (χ2n) is 6.23. The SMILES string of the molecule is CCOC1(C(NC)c2ccc(CC)cc2)CCCCCC1. The molecule has 1 fully saturated rings. The molecule has 1 N–H and O–H groups in total. The Morgan fingerprint density at radius 1 is 1.05 bits per heavy atom. The smallest absolute Gasteiger partial charge is 0.0876 e. The second-order valence-corrected chi connectivity index (χ2v) is 6.23. The largest absolute Gasteiger partial charge is 0.373 e. The number of nitrogens with one attached hydrogen (secondary N) is 1. The molecule has 0 bridgehead atoms. The van der Waals surface area contributed by atoms with Gasteiger partial charge in [0.15, 0.2) is 0 Å². The van der Waals surface area contributed by atoms with Crippen LogP contribution in [-0.4, -0.2) is 19.3 Å². The lowest BCUT2D eigenvalue weighted by molar-refractivity contribution is -0.0766. The van der Waals surface area contributed by atoms with Crippen molar-refractivity contribution in [2.24, 2.45) is 0 Å². The standard InChI is InChI=1S/C19H31NO/c1-4-16-10-12-17(13-11-16)18(20-3)19(21-5-2)14-8-6-7-9-15-19/h10-13,18,20H,4-9,14-15H2,1-3H3. The van der Waals surface area contributed by atoms with Gasteiger partial charge in [-0.25, -0.2) is 0 Å². The fourth-order valence-electron chi connectivity index (χ4n) is 3.81. The molecular formula is C19H31NO. The molecule has 0 heterocycles. The van der Waals surface area contributed by atoms with Crippen LogP contribution in [-0.2, 0) is 11.2 Å². The van der Waals surface area contributed by atoms with E-state index in [1.165, 1.54) is 49.7 Å². The van der Waals surface area contributed by atoms with Gasteiger partial charge in [0, 0.05) is 6.61 Å². The van der Waals surface area contributed by atoms with Crippen molar-refractivity contribution < 1.29 is 4.74 Å². The summed E-state index contributed by atoms with van der Waals surface area (Å²) >= 11 is 0. The molecule has 2 rings (SSSR count). The average Bonchev–Trinajstić information content (AvgIpc) is 2.75. The van der Waals surface area contributed by atoms with E-state index in [2.05, 4.69) is 50.5 Å². The fourth-order valence-corrected chi connectivity index (χ4v) is 3.81. The maximum atomic E-state index is 6.35. The monoisotopic (exact) mass is 289 g/mol. The van der Waals surface area contributed by atoms with E-state index in [9.17, 15) is 0 Å². The molecule has 1 aliphatic carbocycles. The molecule has 118 valence electrons. The van der Waals surface area contributed by atoms with Crippen LogP contribution in [0, 0.1) is 0 Å². The molecule has 0 spiro atoms. The van der Waals surface area contributed by atoms with Gasteiger partial charge < -0.3 is 10.1 Å². The minimum atomic E-state index is -0.0340. The molecule has 0 aromatic heterocycles. The Morgan fingerprint density at radius 2 is 1.67 bits per heavy atom. The van der Waals surface area contributed by atoms with Gasteiger partial charge in [-0.1, -0.05) is 56.9 Å². The van der Waals surface area contributed by atoms with Gasteiger partial charge in [0.25, 0.3) is 0 Å². The molecule has 1 saturated carbocycles. The molecule has 1 aromatic carbocycles. The van der Waals surface area contributed by atoms with E-state index in [0.29, 0.717) is 6.04 Å². The van der Waals surface area contributed by atoms with Gasteiger partial charge in [0.05, 0.1) is 11.6 Å². The molecule has 0 amide bonds. The number of ether oxygens (including phenoxy) is 1. The van der Waals surface area contributed by atoms with Crippen molar-refractivity contribution in [3.63, 3.8) is 0 Å². The topological polar surface area (TPSA) is 21.3 Å². The number of likely N-dealkylation sites (N-methyl/N-ethyl adjacent to an activating group) is 1. The predicted octanol–water partition coefficient (Wildman–Crippen LogP) is 4.64. The molecule has 1 aromatic rings. The number of benzene rings is 1. The average molecular weight is 289 g/mol. The summed E-state index contributed by atoms with van der Waals surface area (Å²) in [5.41, 5.74) is 2.73. The van der Waals surface area contributed by atoms with Gasteiger partial charge in [-0.05, 0) is 44.4 Å². The Labute approximate surface area is 130 Å². The summed E-state index contributed by atoms with van der Waals surface area (Å²) < 4.78 is 6.35. The zero-order chi connectivity index (χ0) is 15.1. The van der Waals surface area contributed by atoms with Gasteiger partial charge in [-0.15, -0.1) is 0 Å². The molecule has 1 aliphatic rings. The Kier molecular flexibility index (Phi) is 6.25. The third-order valence-corrected chi connectivity index (χ3v) is 4.92. The molecule has 1 atom stereocenters. The molecule has 21 heavy (non-hydrogen) atoms. The van der Waals surface area contributed by atoms with Crippen LogP contribution in [0.25, 0.3) is 0 Å². The number of hydrogen-bond donors (Lipinski definition) is 1. The van der Waals surface area contributed by atoms with Crippen LogP contribution in [0.5, 0.6) is 0 Å². The molecule has 0 saturated heterocycles. The van der Waals surface area contributed by atoms with E-state index >= 15 is 0 Å². The lowest BCUT2D eigenvalue weighted by Gasteiger charge is -2.40. The van der Waals surface area contributed by atoms with Gasteiger partial charge in [-0.3, -0.25) is 0 Å². The van der Waals surface area contributed by atoms with Gasteiger partial charge in [-0.2, -0.15) is 0 Å². The number of rotatable bonds is 6. The van der Waals surface area contributed by atoms with Crippen LogP contribution in [0.3, 0.4) is 0 Å². The molecule has 2 nitrogen and oxygen atoms in total. The van der Waals surface area contributed by atoms with Crippen molar-refractivity contribution in [3.05, 3.63) is 35.4 Å². The third-order valence-electron chi connectivity index (χ3n) is 4.92. The third kappa shape index (κ3) is 3.87. The zero-order valence-electron chi connectivity index (χ0n) is 14.0. The quantitative estimate of drug-likeness (QED) is 0.770. The first-order valence-corrected chi connectivity index (χ1v) is 8.66. The predicted molar refractivity (Wildman–Crippen MR) is 89.7 cm³/mol. The highest BCUT2D eigenvalue weighted by Gasteiger charge is 2.39. The first kappa shape index (κ1) is 16.5. The highest BCUT2D eigenvalue weighted by Crippen LogP contribution is 2.40. The number of aryl methyl sites for hydroxylation is 1. The van der Waals surface area contributed by atoms with Crippen molar-refractivity contribution in [2.45, 2.75) is 70.4 Å². The van der Waals surface area contributed by atoms with Crippen molar-refractivity contribution in [2.75, 3.05) is 13.7 Å².